The average molecular weight is 333 g/mol. The van der Waals surface area contributed by atoms with E-state index in [1.807, 2.05) is 61.5 Å². The van der Waals surface area contributed by atoms with Gasteiger partial charge in [0, 0.05) is 0 Å². The van der Waals surface area contributed by atoms with E-state index in [-0.39, 0.29) is 11.9 Å². The standard InChI is InChI=1S/C18H21ClN2O2/c1-21(2)17(14-8-4-3-5-9-14)18(22)20-12-13-23-16-11-7-6-10-15(16)19/h3-11,17H,12-13H2,1-2H3,(H,20,22)/t17-/m0/s1. The summed E-state index contributed by atoms with van der Waals surface area (Å²) in [7, 11) is 3.77. The molecule has 0 unspecified atom stereocenters. The van der Waals surface area contributed by atoms with Crippen molar-refractivity contribution in [3.63, 3.8) is 0 Å². The summed E-state index contributed by atoms with van der Waals surface area (Å²) < 4.78 is 5.57. The molecule has 0 bridgehead atoms. The summed E-state index contributed by atoms with van der Waals surface area (Å²) >= 11 is 6.02. The number of para-hydroxylation sites is 1. The maximum absolute atomic E-state index is 12.4. The number of carbonyl (C=O) groups is 1. The summed E-state index contributed by atoms with van der Waals surface area (Å²) in [6.45, 7) is 0.783. The number of hydrogen-bond acceptors (Lipinski definition) is 3. The largest absolute Gasteiger partial charge is 0.490 e. The van der Waals surface area contributed by atoms with Gasteiger partial charge in [0.05, 0.1) is 11.6 Å². The van der Waals surface area contributed by atoms with Crippen molar-refractivity contribution in [1.82, 2.24) is 10.2 Å². The highest BCUT2D eigenvalue weighted by Crippen LogP contribution is 2.22. The highest BCUT2D eigenvalue weighted by atomic mass is 35.5. The zero-order valence-corrected chi connectivity index (χ0v) is 14.1. The molecule has 0 aromatic heterocycles. The molecule has 1 N–H and O–H groups in total. The Kier molecular flexibility index (Phi) is 6.44. The fraction of sp³-hybridized carbons (Fsp3) is 0.278. The molecule has 2 aromatic rings. The third kappa shape index (κ3) is 4.98. The van der Waals surface area contributed by atoms with Gasteiger partial charge in [-0.05, 0) is 31.8 Å². The fourth-order valence-corrected chi connectivity index (χ4v) is 2.50. The number of halogens is 1. The van der Waals surface area contributed by atoms with Crippen LogP contribution in [0.5, 0.6) is 5.75 Å². The van der Waals surface area contributed by atoms with E-state index in [0.29, 0.717) is 23.9 Å². The van der Waals surface area contributed by atoms with Crippen LogP contribution in [0.3, 0.4) is 0 Å². The molecule has 0 saturated carbocycles. The van der Waals surface area contributed by atoms with Crippen molar-refractivity contribution in [2.45, 2.75) is 6.04 Å². The first kappa shape index (κ1) is 17.3. The molecule has 0 aliphatic heterocycles. The molecule has 0 aliphatic carbocycles. The van der Waals surface area contributed by atoms with Crippen LogP contribution in [0, 0.1) is 0 Å². The zero-order valence-electron chi connectivity index (χ0n) is 13.3. The van der Waals surface area contributed by atoms with Crippen molar-refractivity contribution in [3.05, 3.63) is 65.2 Å². The first-order valence-corrected chi connectivity index (χ1v) is 7.84. The Balaban J connectivity index is 1.87. The first-order valence-electron chi connectivity index (χ1n) is 7.46. The Labute approximate surface area is 142 Å². The third-order valence-corrected chi connectivity index (χ3v) is 3.69. The highest BCUT2D eigenvalue weighted by Gasteiger charge is 2.22. The minimum Gasteiger partial charge on any atom is -0.490 e. The molecule has 1 amide bonds. The summed E-state index contributed by atoms with van der Waals surface area (Å²) in [6, 6.07) is 16.6. The topological polar surface area (TPSA) is 41.6 Å². The van der Waals surface area contributed by atoms with Gasteiger partial charge < -0.3 is 10.1 Å². The van der Waals surface area contributed by atoms with Crippen LogP contribution in [0.15, 0.2) is 54.6 Å². The predicted octanol–water partition coefficient (Wildman–Crippen LogP) is 3.14. The summed E-state index contributed by atoms with van der Waals surface area (Å²) in [4.78, 5) is 14.3. The number of likely N-dealkylation sites (N-methyl/N-ethyl adjacent to an activating group) is 1. The van der Waals surface area contributed by atoms with E-state index in [1.165, 1.54) is 0 Å². The van der Waals surface area contributed by atoms with Gasteiger partial charge in [0.1, 0.15) is 18.4 Å². The third-order valence-electron chi connectivity index (χ3n) is 3.38. The van der Waals surface area contributed by atoms with Crippen molar-refractivity contribution >= 4 is 17.5 Å². The second-order valence-electron chi connectivity index (χ2n) is 5.35. The van der Waals surface area contributed by atoms with E-state index >= 15 is 0 Å². The van der Waals surface area contributed by atoms with Crippen LogP contribution in [0.25, 0.3) is 0 Å². The van der Waals surface area contributed by atoms with Crippen molar-refractivity contribution in [1.29, 1.82) is 0 Å². The minimum atomic E-state index is -0.323. The van der Waals surface area contributed by atoms with Crippen LogP contribution in [0.1, 0.15) is 11.6 Å². The van der Waals surface area contributed by atoms with Gasteiger partial charge >= 0.3 is 0 Å². The zero-order chi connectivity index (χ0) is 16.7. The quantitative estimate of drug-likeness (QED) is 0.792. The maximum atomic E-state index is 12.4. The Hall–Kier alpha value is -2.04. The second-order valence-corrected chi connectivity index (χ2v) is 5.75. The van der Waals surface area contributed by atoms with Gasteiger partial charge in [0.25, 0.3) is 0 Å². The van der Waals surface area contributed by atoms with E-state index in [0.717, 1.165) is 5.56 Å². The fourth-order valence-electron chi connectivity index (χ4n) is 2.31. The van der Waals surface area contributed by atoms with Crippen LogP contribution in [0.4, 0.5) is 0 Å². The molecule has 0 radical (unpaired) electrons. The lowest BCUT2D eigenvalue weighted by Gasteiger charge is -2.23. The lowest BCUT2D eigenvalue weighted by Crippen LogP contribution is -2.38. The molecule has 2 rings (SSSR count). The molecule has 122 valence electrons. The summed E-state index contributed by atoms with van der Waals surface area (Å²) in [5.74, 6) is 0.569. The lowest BCUT2D eigenvalue weighted by atomic mass is 10.1. The van der Waals surface area contributed by atoms with Gasteiger partial charge in [-0.2, -0.15) is 0 Å². The van der Waals surface area contributed by atoms with Crippen molar-refractivity contribution < 1.29 is 9.53 Å². The average Bonchev–Trinajstić information content (AvgIpc) is 2.54. The molecule has 0 heterocycles. The van der Waals surface area contributed by atoms with Gasteiger partial charge in [-0.25, -0.2) is 0 Å². The Bertz CT molecular complexity index is 632. The number of rotatable bonds is 7. The Morgan fingerprint density at radius 2 is 1.78 bits per heavy atom. The second kappa shape index (κ2) is 8.56. The molecule has 2 aromatic carbocycles. The molecular formula is C18H21ClN2O2. The normalized spacial score (nSPS) is 12.0. The van der Waals surface area contributed by atoms with E-state index in [1.54, 1.807) is 12.1 Å². The minimum absolute atomic E-state index is 0.0519. The van der Waals surface area contributed by atoms with Crippen LogP contribution < -0.4 is 10.1 Å². The number of nitrogens with zero attached hydrogens (tertiary/aromatic N) is 1. The molecule has 0 aliphatic rings. The van der Waals surface area contributed by atoms with Crippen LogP contribution >= 0.6 is 11.6 Å². The number of amides is 1. The number of hydrogen-bond donors (Lipinski definition) is 1. The predicted molar refractivity (Wildman–Crippen MR) is 92.8 cm³/mol. The number of carbonyl (C=O) groups excluding carboxylic acids is 1. The van der Waals surface area contributed by atoms with E-state index in [2.05, 4.69) is 5.32 Å². The van der Waals surface area contributed by atoms with Gasteiger partial charge in [-0.3, -0.25) is 9.69 Å². The molecule has 0 saturated heterocycles. The van der Waals surface area contributed by atoms with Crippen molar-refractivity contribution in [3.8, 4) is 5.75 Å². The van der Waals surface area contributed by atoms with Gasteiger partial charge in [-0.1, -0.05) is 54.1 Å². The first-order chi connectivity index (χ1) is 11.1. The summed E-state index contributed by atoms with van der Waals surface area (Å²) in [6.07, 6.45) is 0. The molecule has 4 nitrogen and oxygen atoms in total. The van der Waals surface area contributed by atoms with E-state index < -0.39 is 0 Å². The highest BCUT2D eigenvalue weighted by molar-refractivity contribution is 6.32. The molecule has 0 spiro atoms. The van der Waals surface area contributed by atoms with Crippen LogP contribution in [-0.2, 0) is 4.79 Å². The lowest BCUT2D eigenvalue weighted by molar-refractivity contribution is -0.125. The molecule has 5 heteroatoms. The Morgan fingerprint density at radius 1 is 1.13 bits per heavy atom. The monoisotopic (exact) mass is 332 g/mol. The summed E-state index contributed by atoms with van der Waals surface area (Å²) in [5, 5.41) is 3.47. The smallest absolute Gasteiger partial charge is 0.242 e. The van der Waals surface area contributed by atoms with E-state index in [4.69, 9.17) is 16.3 Å². The summed E-state index contributed by atoms with van der Waals surface area (Å²) in [5.41, 5.74) is 0.960. The van der Waals surface area contributed by atoms with E-state index in [9.17, 15) is 4.79 Å². The van der Waals surface area contributed by atoms with Crippen molar-refractivity contribution in [2.75, 3.05) is 27.2 Å². The molecular weight excluding hydrogens is 312 g/mol. The van der Waals surface area contributed by atoms with Crippen molar-refractivity contribution in [2.24, 2.45) is 0 Å². The molecule has 23 heavy (non-hydrogen) atoms. The van der Waals surface area contributed by atoms with Gasteiger partial charge in [0.2, 0.25) is 5.91 Å². The molecule has 1 atom stereocenters. The number of benzene rings is 2. The van der Waals surface area contributed by atoms with Gasteiger partial charge in [0.15, 0.2) is 0 Å². The van der Waals surface area contributed by atoms with Crippen LogP contribution in [-0.4, -0.2) is 38.1 Å². The van der Waals surface area contributed by atoms with Crippen LogP contribution in [0.2, 0.25) is 5.02 Å². The number of ether oxygens (including phenoxy) is 1. The Morgan fingerprint density at radius 3 is 2.43 bits per heavy atom. The number of nitrogens with one attached hydrogen (secondary N) is 1. The van der Waals surface area contributed by atoms with Gasteiger partial charge in [-0.15, -0.1) is 0 Å². The SMILES string of the molecule is CN(C)[C@H](C(=O)NCCOc1ccccc1Cl)c1ccccc1. The molecule has 0 fully saturated rings. The maximum Gasteiger partial charge on any atom is 0.242 e.